The average molecular weight is 272 g/mol. The molecule has 0 saturated carbocycles. The largest absolute Gasteiger partial charge is 0.446 e. The van der Waals surface area contributed by atoms with Crippen LogP contribution < -0.4 is 5.32 Å². The molecule has 5 nitrogen and oxygen atoms in total. The van der Waals surface area contributed by atoms with E-state index in [1.807, 2.05) is 7.05 Å². The third kappa shape index (κ3) is 3.55. The van der Waals surface area contributed by atoms with Gasteiger partial charge in [-0.25, -0.2) is 13.4 Å². The summed E-state index contributed by atoms with van der Waals surface area (Å²) in [5, 5.41) is 3.14. The van der Waals surface area contributed by atoms with E-state index in [2.05, 4.69) is 17.2 Å². The molecule has 2 unspecified atom stereocenters. The third-order valence-corrected chi connectivity index (χ3v) is 5.23. The van der Waals surface area contributed by atoms with E-state index in [1.54, 1.807) is 6.20 Å². The van der Waals surface area contributed by atoms with Crippen LogP contribution in [0.25, 0.3) is 0 Å². The molecule has 0 radical (unpaired) electrons. The van der Waals surface area contributed by atoms with Crippen LogP contribution in [0, 0.1) is 5.92 Å². The second-order valence-corrected chi connectivity index (χ2v) is 7.32. The summed E-state index contributed by atoms with van der Waals surface area (Å²) in [6.45, 7) is 2.08. The van der Waals surface area contributed by atoms with Crippen LogP contribution in [0.2, 0.25) is 0 Å². The topological polar surface area (TPSA) is 72.2 Å². The summed E-state index contributed by atoms with van der Waals surface area (Å²) in [4.78, 5) is 4.23. The smallest absolute Gasteiger partial charge is 0.194 e. The number of oxazole rings is 1. The third-order valence-electron chi connectivity index (χ3n) is 3.39. The van der Waals surface area contributed by atoms with Crippen molar-refractivity contribution in [3.8, 4) is 0 Å². The van der Waals surface area contributed by atoms with Gasteiger partial charge in [0.05, 0.1) is 17.7 Å². The summed E-state index contributed by atoms with van der Waals surface area (Å²) in [5.74, 6) is 2.27. The SMILES string of the molecule is CNC(C)Cc1cnc(CC2CCS(=O)(=O)C2)o1. The van der Waals surface area contributed by atoms with Crippen LogP contribution in [0.4, 0.5) is 0 Å². The first kappa shape index (κ1) is 13.5. The first-order chi connectivity index (χ1) is 8.48. The fourth-order valence-corrected chi connectivity index (χ4v) is 4.08. The maximum atomic E-state index is 11.4. The Balaban J connectivity index is 1.91. The van der Waals surface area contributed by atoms with Crippen molar-refractivity contribution in [1.29, 1.82) is 0 Å². The van der Waals surface area contributed by atoms with E-state index in [0.717, 1.165) is 18.6 Å². The minimum atomic E-state index is -2.81. The van der Waals surface area contributed by atoms with Gasteiger partial charge in [-0.1, -0.05) is 0 Å². The molecule has 1 N–H and O–H groups in total. The predicted octanol–water partition coefficient (Wildman–Crippen LogP) is 0.802. The Morgan fingerprint density at radius 2 is 2.39 bits per heavy atom. The Morgan fingerprint density at radius 1 is 1.61 bits per heavy atom. The molecule has 0 spiro atoms. The molecule has 1 aromatic heterocycles. The average Bonchev–Trinajstić information content (AvgIpc) is 2.86. The normalized spacial score (nSPS) is 24.2. The van der Waals surface area contributed by atoms with Crippen molar-refractivity contribution < 1.29 is 12.8 Å². The van der Waals surface area contributed by atoms with Crippen LogP contribution >= 0.6 is 0 Å². The molecule has 1 aliphatic rings. The molecule has 2 rings (SSSR count). The monoisotopic (exact) mass is 272 g/mol. The summed E-state index contributed by atoms with van der Waals surface area (Å²) < 4.78 is 28.4. The van der Waals surface area contributed by atoms with Gasteiger partial charge < -0.3 is 9.73 Å². The Kier molecular flexibility index (Phi) is 4.07. The van der Waals surface area contributed by atoms with Gasteiger partial charge in [-0.05, 0) is 26.3 Å². The highest BCUT2D eigenvalue weighted by Gasteiger charge is 2.29. The van der Waals surface area contributed by atoms with Crippen LogP contribution in [-0.4, -0.2) is 38.0 Å². The lowest BCUT2D eigenvalue weighted by Gasteiger charge is -2.06. The Bertz CT molecular complexity index is 495. The second-order valence-electron chi connectivity index (χ2n) is 5.09. The van der Waals surface area contributed by atoms with Crippen molar-refractivity contribution in [1.82, 2.24) is 10.3 Å². The minimum Gasteiger partial charge on any atom is -0.446 e. The molecule has 1 aromatic rings. The van der Waals surface area contributed by atoms with Crippen LogP contribution in [0.3, 0.4) is 0 Å². The summed E-state index contributed by atoms with van der Waals surface area (Å²) in [5.41, 5.74) is 0. The first-order valence-electron chi connectivity index (χ1n) is 6.30. The van der Waals surface area contributed by atoms with Gasteiger partial charge in [-0.2, -0.15) is 0 Å². The van der Waals surface area contributed by atoms with E-state index in [4.69, 9.17) is 4.42 Å². The van der Waals surface area contributed by atoms with E-state index < -0.39 is 9.84 Å². The van der Waals surface area contributed by atoms with Crippen LogP contribution in [0.5, 0.6) is 0 Å². The summed E-state index contributed by atoms with van der Waals surface area (Å²) in [6, 6.07) is 0.345. The van der Waals surface area contributed by atoms with Gasteiger partial charge in [0.15, 0.2) is 15.7 Å². The molecule has 2 heterocycles. The molecule has 1 fully saturated rings. The highest BCUT2D eigenvalue weighted by Crippen LogP contribution is 2.22. The van der Waals surface area contributed by atoms with E-state index in [9.17, 15) is 8.42 Å². The number of likely N-dealkylation sites (N-methyl/N-ethyl adjacent to an activating group) is 1. The molecule has 0 aliphatic carbocycles. The van der Waals surface area contributed by atoms with Gasteiger partial charge in [-0.15, -0.1) is 0 Å². The zero-order valence-electron chi connectivity index (χ0n) is 10.8. The summed E-state index contributed by atoms with van der Waals surface area (Å²) in [6.07, 6.45) is 3.90. The van der Waals surface area contributed by atoms with E-state index in [-0.39, 0.29) is 11.7 Å². The van der Waals surface area contributed by atoms with Crippen LogP contribution in [0.1, 0.15) is 25.0 Å². The Labute approximate surface area is 108 Å². The number of aromatic nitrogens is 1. The van der Waals surface area contributed by atoms with Gasteiger partial charge in [-0.3, -0.25) is 0 Å². The highest BCUT2D eigenvalue weighted by molar-refractivity contribution is 7.91. The molecule has 0 amide bonds. The van der Waals surface area contributed by atoms with Gasteiger partial charge in [0.1, 0.15) is 5.76 Å². The van der Waals surface area contributed by atoms with E-state index >= 15 is 0 Å². The predicted molar refractivity (Wildman–Crippen MR) is 69.2 cm³/mol. The quantitative estimate of drug-likeness (QED) is 0.858. The lowest BCUT2D eigenvalue weighted by atomic mass is 10.1. The maximum Gasteiger partial charge on any atom is 0.194 e. The maximum absolute atomic E-state index is 11.4. The van der Waals surface area contributed by atoms with Crippen LogP contribution in [0.15, 0.2) is 10.6 Å². The van der Waals surface area contributed by atoms with Gasteiger partial charge >= 0.3 is 0 Å². The van der Waals surface area contributed by atoms with Crippen molar-refractivity contribution in [3.05, 3.63) is 17.8 Å². The minimum absolute atomic E-state index is 0.170. The summed E-state index contributed by atoms with van der Waals surface area (Å²) in [7, 11) is -0.903. The lowest BCUT2D eigenvalue weighted by molar-refractivity contribution is 0.408. The molecule has 1 saturated heterocycles. The zero-order valence-corrected chi connectivity index (χ0v) is 11.7. The van der Waals surface area contributed by atoms with Crippen molar-refractivity contribution in [2.24, 2.45) is 5.92 Å². The zero-order chi connectivity index (χ0) is 13.2. The van der Waals surface area contributed by atoms with Crippen molar-refractivity contribution in [2.75, 3.05) is 18.6 Å². The van der Waals surface area contributed by atoms with Gasteiger partial charge in [0.25, 0.3) is 0 Å². The molecule has 1 aliphatic heterocycles. The number of rotatable bonds is 5. The van der Waals surface area contributed by atoms with Crippen LogP contribution in [-0.2, 0) is 22.7 Å². The van der Waals surface area contributed by atoms with Crippen molar-refractivity contribution in [3.63, 3.8) is 0 Å². The van der Waals surface area contributed by atoms with Gasteiger partial charge in [0.2, 0.25) is 0 Å². The number of nitrogens with zero attached hydrogens (tertiary/aromatic N) is 1. The molecular weight excluding hydrogens is 252 g/mol. The lowest BCUT2D eigenvalue weighted by Crippen LogP contribution is -2.23. The molecule has 0 aromatic carbocycles. The highest BCUT2D eigenvalue weighted by atomic mass is 32.2. The molecule has 2 atom stereocenters. The Morgan fingerprint density at radius 3 is 3.00 bits per heavy atom. The fourth-order valence-electron chi connectivity index (χ4n) is 2.22. The fraction of sp³-hybridized carbons (Fsp3) is 0.750. The van der Waals surface area contributed by atoms with Gasteiger partial charge in [0, 0.05) is 18.9 Å². The van der Waals surface area contributed by atoms with Crippen molar-refractivity contribution >= 4 is 9.84 Å². The molecule has 0 bridgehead atoms. The van der Waals surface area contributed by atoms with E-state index in [0.29, 0.717) is 24.1 Å². The molecule has 18 heavy (non-hydrogen) atoms. The second kappa shape index (κ2) is 5.40. The number of hydrogen-bond donors (Lipinski definition) is 1. The standard InChI is InChI=1S/C12H20N2O3S/c1-9(13-2)5-11-7-14-12(17-11)6-10-3-4-18(15,16)8-10/h7,9-10,13H,3-6,8H2,1-2H3. The number of hydrogen-bond acceptors (Lipinski definition) is 5. The number of nitrogens with one attached hydrogen (secondary N) is 1. The summed E-state index contributed by atoms with van der Waals surface area (Å²) >= 11 is 0. The molecule has 102 valence electrons. The Hall–Kier alpha value is -0.880. The van der Waals surface area contributed by atoms with Crippen molar-refractivity contribution in [2.45, 2.75) is 32.2 Å². The van der Waals surface area contributed by atoms with E-state index in [1.165, 1.54) is 0 Å². The molecule has 6 heteroatoms. The first-order valence-corrected chi connectivity index (χ1v) is 8.12. The molecular formula is C12H20N2O3S. The number of sulfone groups is 1.